The molecule has 4 nitrogen and oxygen atoms in total. The zero-order valence-corrected chi connectivity index (χ0v) is 8.28. The molecule has 0 unspecified atom stereocenters. The van der Waals surface area contributed by atoms with Crippen molar-refractivity contribution >= 4 is 5.97 Å². The molecule has 1 saturated heterocycles. The van der Waals surface area contributed by atoms with E-state index in [1.54, 1.807) is 7.11 Å². The van der Waals surface area contributed by atoms with E-state index in [0.29, 0.717) is 6.61 Å². The van der Waals surface area contributed by atoms with Crippen molar-refractivity contribution in [3.63, 3.8) is 0 Å². The van der Waals surface area contributed by atoms with Crippen LogP contribution in [0.4, 0.5) is 0 Å². The molecular formula is C9H16O4. The summed E-state index contributed by atoms with van der Waals surface area (Å²) in [6.07, 6.45) is 0.394. The molecule has 4 heteroatoms. The van der Waals surface area contributed by atoms with E-state index in [2.05, 4.69) is 0 Å². The molecule has 0 aliphatic carbocycles. The Morgan fingerprint density at radius 3 is 2.77 bits per heavy atom. The summed E-state index contributed by atoms with van der Waals surface area (Å²) >= 11 is 0. The monoisotopic (exact) mass is 188 g/mol. The van der Waals surface area contributed by atoms with Crippen molar-refractivity contribution in [2.24, 2.45) is 0 Å². The largest absolute Gasteiger partial charge is 0.457 e. The molecule has 0 aromatic rings. The van der Waals surface area contributed by atoms with Crippen molar-refractivity contribution in [3.8, 4) is 0 Å². The van der Waals surface area contributed by atoms with Gasteiger partial charge < -0.3 is 14.2 Å². The van der Waals surface area contributed by atoms with Gasteiger partial charge in [0.05, 0.1) is 12.2 Å². The van der Waals surface area contributed by atoms with Gasteiger partial charge in [0, 0.05) is 27.1 Å². The third-order valence-electron chi connectivity index (χ3n) is 2.22. The maximum absolute atomic E-state index is 10.8. The van der Waals surface area contributed by atoms with E-state index in [-0.39, 0.29) is 24.3 Å². The maximum atomic E-state index is 10.8. The number of carbonyl (C=O) groups excluding carboxylic acids is 1. The van der Waals surface area contributed by atoms with Crippen LogP contribution in [-0.4, -0.2) is 38.0 Å². The van der Waals surface area contributed by atoms with Crippen LogP contribution in [-0.2, 0) is 19.0 Å². The van der Waals surface area contributed by atoms with Crippen LogP contribution < -0.4 is 0 Å². The van der Waals surface area contributed by atoms with Gasteiger partial charge in [0.1, 0.15) is 0 Å². The fourth-order valence-corrected chi connectivity index (χ4v) is 1.55. The lowest BCUT2D eigenvalue weighted by molar-refractivity contribution is -0.181. The minimum absolute atomic E-state index is 0.0346. The Bertz CT molecular complexity index is 180. The molecule has 0 aromatic carbocycles. The van der Waals surface area contributed by atoms with E-state index in [9.17, 15) is 4.79 Å². The predicted molar refractivity (Wildman–Crippen MR) is 46.4 cm³/mol. The molecule has 1 fully saturated rings. The molecule has 3 atom stereocenters. The summed E-state index contributed by atoms with van der Waals surface area (Å²) in [5.41, 5.74) is 0. The quantitative estimate of drug-likeness (QED) is 0.600. The average molecular weight is 188 g/mol. The molecule has 1 aliphatic heterocycles. The van der Waals surface area contributed by atoms with Crippen molar-refractivity contribution < 1.29 is 19.0 Å². The molecule has 0 aromatic heterocycles. The van der Waals surface area contributed by atoms with Crippen LogP contribution in [0, 0.1) is 0 Å². The third-order valence-corrected chi connectivity index (χ3v) is 2.22. The predicted octanol–water partition coefficient (Wildman–Crippen LogP) is 0.742. The fraction of sp³-hybridized carbons (Fsp3) is 0.889. The van der Waals surface area contributed by atoms with E-state index in [0.717, 1.165) is 6.42 Å². The lowest BCUT2D eigenvalue weighted by Gasteiger charge is -2.34. The number of hydrogen-bond acceptors (Lipinski definition) is 4. The molecule has 0 radical (unpaired) electrons. The van der Waals surface area contributed by atoms with Gasteiger partial charge in [-0.25, -0.2) is 0 Å². The SMILES string of the molecule is CO[C@@H]1CCO[C@@H](C)[C@@H]1OC(C)=O. The van der Waals surface area contributed by atoms with Gasteiger partial charge in [-0.3, -0.25) is 4.79 Å². The molecule has 1 rings (SSSR count). The summed E-state index contributed by atoms with van der Waals surface area (Å²) in [6, 6.07) is 0. The number of carbonyl (C=O) groups is 1. The van der Waals surface area contributed by atoms with Crippen molar-refractivity contribution in [3.05, 3.63) is 0 Å². The summed E-state index contributed by atoms with van der Waals surface area (Å²) in [6.45, 7) is 3.95. The fourth-order valence-electron chi connectivity index (χ4n) is 1.55. The van der Waals surface area contributed by atoms with Gasteiger partial charge in [0.15, 0.2) is 6.10 Å². The van der Waals surface area contributed by atoms with Gasteiger partial charge in [-0.15, -0.1) is 0 Å². The summed E-state index contributed by atoms with van der Waals surface area (Å²) in [7, 11) is 1.62. The summed E-state index contributed by atoms with van der Waals surface area (Å²) in [5, 5.41) is 0. The van der Waals surface area contributed by atoms with Gasteiger partial charge >= 0.3 is 5.97 Å². The normalized spacial score (nSPS) is 34.2. The zero-order chi connectivity index (χ0) is 9.84. The van der Waals surface area contributed by atoms with Gasteiger partial charge in [-0.2, -0.15) is 0 Å². The van der Waals surface area contributed by atoms with E-state index >= 15 is 0 Å². The molecular weight excluding hydrogens is 172 g/mol. The highest BCUT2D eigenvalue weighted by atomic mass is 16.6. The van der Waals surface area contributed by atoms with Crippen LogP contribution in [0.3, 0.4) is 0 Å². The lowest BCUT2D eigenvalue weighted by Crippen LogP contribution is -2.46. The number of methoxy groups -OCH3 is 1. The van der Waals surface area contributed by atoms with Gasteiger partial charge in [0.2, 0.25) is 0 Å². The van der Waals surface area contributed by atoms with Crippen LogP contribution >= 0.6 is 0 Å². The minimum Gasteiger partial charge on any atom is -0.457 e. The first kappa shape index (κ1) is 10.5. The van der Waals surface area contributed by atoms with Gasteiger partial charge in [-0.1, -0.05) is 0 Å². The van der Waals surface area contributed by atoms with Crippen LogP contribution in [0.5, 0.6) is 0 Å². The lowest BCUT2D eigenvalue weighted by atomic mass is 10.0. The Hall–Kier alpha value is -0.610. The first-order chi connectivity index (χ1) is 6.15. The molecule has 0 amide bonds. The van der Waals surface area contributed by atoms with Gasteiger partial charge in [0.25, 0.3) is 0 Å². The zero-order valence-electron chi connectivity index (χ0n) is 8.28. The van der Waals surface area contributed by atoms with Crippen molar-refractivity contribution in [1.82, 2.24) is 0 Å². The Morgan fingerprint density at radius 1 is 1.54 bits per heavy atom. The second-order valence-electron chi connectivity index (χ2n) is 3.21. The minimum atomic E-state index is -0.288. The third kappa shape index (κ3) is 2.67. The van der Waals surface area contributed by atoms with E-state index in [1.165, 1.54) is 6.92 Å². The molecule has 1 heterocycles. The Morgan fingerprint density at radius 2 is 2.23 bits per heavy atom. The molecule has 0 bridgehead atoms. The summed E-state index contributed by atoms with van der Waals surface area (Å²) in [5.74, 6) is -0.288. The molecule has 13 heavy (non-hydrogen) atoms. The van der Waals surface area contributed by atoms with Crippen molar-refractivity contribution in [2.75, 3.05) is 13.7 Å². The molecule has 0 saturated carbocycles. The molecule has 0 spiro atoms. The van der Waals surface area contributed by atoms with E-state index < -0.39 is 0 Å². The van der Waals surface area contributed by atoms with Crippen LogP contribution in [0.1, 0.15) is 20.3 Å². The first-order valence-corrected chi connectivity index (χ1v) is 4.46. The highest BCUT2D eigenvalue weighted by molar-refractivity contribution is 5.66. The van der Waals surface area contributed by atoms with Gasteiger partial charge in [-0.05, 0) is 6.92 Å². The first-order valence-electron chi connectivity index (χ1n) is 4.46. The van der Waals surface area contributed by atoms with E-state index in [4.69, 9.17) is 14.2 Å². The number of esters is 1. The molecule has 1 aliphatic rings. The molecule has 0 N–H and O–H groups in total. The number of ether oxygens (including phenoxy) is 3. The van der Waals surface area contributed by atoms with Crippen molar-refractivity contribution in [2.45, 2.75) is 38.6 Å². The van der Waals surface area contributed by atoms with Crippen molar-refractivity contribution in [1.29, 1.82) is 0 Å². The van der Waals surface area contributed by atoms with Crippen LogP contribution in [0.25, 0.3) is 0 Å². The second-order valence-corrected chi connectivity index (χ2v) is 3.21. The second kappa shape index (κ2) is 4.58. The maximum Gasteiger partial charge on any atom is 0.303 e. The van der Waals surface area contributed by atoms with E-state index in [1.807, 2.05) is 6.92 Å². The Labute approximate surface area is 78.2 Å². The number of rotatable bonds is 2. The highest BCUT2D eigenvalue weighted by Gasteiger charge is 2.34. The summed E-state index contributed by atoms with van der Waals surface area (Å²) < 4.78 is 15.7. The highest BCUT2D eigenvalue weighted by Crippen LogP contribution is 2.20. The smallest absolute Gasteiger partial charge is 0.303 e. The topological polar surface area (TPSA) is 44.8 Å². The Kier molecular flexibility index (Phi) is 3.69. The number of hydrogen-bond donors (Lipinski definition) is 0. The Balaban J connectivity index is 2.56. The summed E-state index contributed by atoms with van der Waals surface area (Å²) in [4.78, 5) is 10.8. The average Bonchev–Trinajstić information content (AvgIpc) is 2.08. The van der Waals surface area contributed by atoms with Crippen LogP contribution in [0.15, 0.2) is 0 Å². The molecule has 76 valence electrons. The standard InChI is InChI=1S/C9H16O4/c1-6-9(13-7(2)10)8(11-3)4-5-12-6/h6,8-9H,4-5H2,1-3H3/t6-,8+,9-/m0/s1. The van der Waals surface area contributed by atoms with Crippen LogP contribution in [0.2, 0.25) is 0 Å².